The number of nitro groups is 1. The minimum Gasteiger partial charge on any atom is -0.744 e. The monoisotopic (exact) mass is 267 g/mol. The van der Waals surface area contributed by atoms with Gasteiger partial charge in [-0.05, 0) is 0 Å². The van der Waals surface area contributed by atoms with Crippen LogP contribution >= 0.6 is 0 Å². The van der Waals surface area contributed by atoms with Gasteiger partial charge < -0.3 is 10.3 Å². The van der Waals surface area contributed by atoms with Crippen LogP contribution in [0, 0.1) is 10.1 Å². The van der Waals surface area contributed by atoms with Crippen molar-refractivity contribution in [1.82, 2.24) is 0 Å². The summed E-state index contributed by atoms with van der Waals surface area (Å²) in [6, 6.07) is 6.55. The van der Waals surface area contributed by atoms with E-state index < -0.39 is 25.6 Å². The summed E-state index contributed by atoms with van der Waals surface area (Å²) < 4.78 is 33.3. The highest BCUT2D eigenvalue weighted by atomic mass is 32.2. The van der Waals surface area contributed by atoms with E-state index in [0.717, 1.165) is 0 Å². The van der Waals surface area contributed by atoms with Crippen molar-refractivity contribution in [2.45, 2.75) is 4.90 Å². The molecule has 2 rings (SSSR count). The number of nitrogen functional groups attached to an aromatic ring is 1. The van der Waals surface area contributed by atoms with Crippen molar-refractivity contribution in [3.05, 3.63) is 40.4 Å². The van der Waals surface area contributed by atoms with Gasteiger partial charge in [-0.25, -0.2) is 8.42 Å². The quantitative estimate of drug-likeness (QED) is 0.377. The molecule has 0 heterocycles. The molecule has 8 heteroatoms. The van der Waals surface area contributed by atoms with Gasteiger partial charge in [-0.1, -0.05) is 24.3 Å². The Labute approximate surface area is 102 Å². The molecular weight excluding hydrogens is 260 g/mol. The van der Waals surface area contributed by atoms with Gasteiger partial charge in [0.05, 0.1) is 9.82 Å². The van der Waals surface area contributed by atoms with Crippen LogP contribution < -0.4 is 5.73 Å². The molecular formula is C10H7N2O5S-. The molecule has 0 amide bonds. The number of anilines is 1. The predicted molar refractivity (Wildman–Crippen MR) is 63.0 cm³/mol. The maximum absolute atomic E-state index is 11.1. The first-order valence-corrected chi connectivity index (χ1v) is 6.14. The molecule has 0 saturated heterocycles. The van der Waals surface area contributed by atoms with Crippen LogP contribution in [0.5, 0.6) is 0 Å². The Hall–Kier alpha value is -2.19. The highest BCUT2D eigenvalue weighted by molar-refractivity contribution is 7.86. The maximum atomic E-state index is 11.1. The average Bonchev–Trinajstić information content (AvgIpc) is 2.27. The van der Waals surface area contributed by atoms with E-state index in [9.17, 15) is 23.1 Å². The van der Waals surface area contributed by atoms with Crippen molar-refractivity contribution in [2.24, 2.45) is 0 Å². The van der Waals surface area contributed by atoms with Gasteiger partial charge >= 0.3 is 0 Å². The van der Waals surface area contributed by atoms with Gasteiger partial charge in [0, 0.05) is 16.8 Å². The van der Waals surface area contributed by atoms with Crippen LogP contribution in [0.3, 0.4) is 0 Å². The minimum atomic E-state index is -4.81. The summed E-state index contributed by atoms with van der Waals surface area (Å²) in [5.41, 5.74) is 4.84. The number of hydrogen-bond acceptors (Lipinski definition) is 6. The number of nitrogens with zero attached hydrogens (tertiary/aromatic N) is 1. The molecule has 0 aliphatic rings. The predicted octanol–water partition coefficient (Wildman–Crippen LogP) is 1.23. The lowest BCUT2D eigenvalue weighted by molar-refractivity contribution is -0.384. The highest BCUT2D eigenvalue weighted by Crippen LogP contribution is 2.35. The number of fused-ring (bicyclic) bond motifs is 1. The molecule has 94 valence electrons. The van der Waals surface area contributed by atoms with Crippen molar-refractivity contribution >= 4 is 32.3 Å². The Morgan fingerprint density at radius 1 is 1.17 bits per heavy atom. The standard InChI is InChI=1S/C10H8N2O5S/c11-10-7-4-2-1-3-6(7)9(18(15,16)17)5-8(10)12(13)14/h1-5H,11H2,(H,15,16,17)/p-1. The van der Waals surface area contributed by atoms with Gasteiger partial charge in [0.15, 0.2) is 0 Å². The van der Waals surface area contributed by atoms with E-state index in [-0.39, 0.29) is 16.5 Å². The zero-order valence-corrected chi connectivity index (χ0v) is 9.68. The molecule has 7 nitrogen and oxygen atoms in total. The van der Waals surface area contributed by atoms with Crippen molar-refractivity contribution in [1.29, 1.82) is 0 Å². The van der Waals surface area contributed by atoms with Gasteiger partial charge in [0.1, 0.15) is 15.8 Å². The largest absolute Gasteiger partial charge is 0.744 e. The third-order valence-electron chi connectivity index (χ3n) is 2.49. The first kappa shape index (κ1) is 12.3. The molecule has 0 saturated carbocycles. The van der Waals surface area contributed by atoms with Gasteiger partial charge in [0.2, 0.25) is 0 Å². The summed E-state index contributed by atoms with van der Waals surface area (Å²) in [4.78, 5) is 9.31. The normalized spacial score (nSPS) is 11.6. The number of rotatable bonds is 2. The van der Waals surface area contributed by atoms with E-state index in [1.54, 1.807) is 6.07 Å². The highest BCUT2D eigenvalue weighted by Gasteiger charge is 2.20. The van der Waals surface area contributed by atoms with Crippen LogP contribution in [0.4, 0.5) is 11.4 Å². The molecule has 18 heavy (non-hydrogen) atoms. The van der Waals surface area contributed by atoms with Gasteiger partial charge in [-0.3, -0.25) is 10.1 Å². The molecule has 0 fully saturated rings. The van der Waals surface area contributed by atoms with Crippen molar-refractivity contribution in [2.75, 3.05) is 5.73 Å². The molecule has 0 radical (unpaired) electrons. The number of nitrogens with two attached hydrogens (primary N) is 1. The average molecular weight is 267 g/mol. The van der Waals surface area contributed by atoms with Gasteiger partial charge in [0.25, 0.3) is 5.69 Å². The zero-order valence-electron chi connectivity index (χ0n) is 8.86. The number of benzene rings is 2. The fourth-order valence-electron chi connectivity index (χ4n) is 1.71. The smallest absolute Gasteiger partial charge is 0.294 e. The SMILES string of the molecule is Nc1c([N+](=O)[O-])cc(S(=O)(=O)[O-])c2ccccc12. The van der Waals surface area contributed by atoms with Crippen molar-refractivity contribution < 1.29 is 17.9 Å². The van der Waals surface area contributed by atoms with Gasteiger partial charge in [-0.15, -0.1) is 0 Å². The van der Waals surface area contributed by atoms with Gasteiger partial charge in [-0.2, -0.15) is 0 Å². The number of hydrogen-bond donors (Lipinski definition) is 1. The van der Waals surface area contributed by atoms with E-state index in [2.05, 4.69) is 0 Å². The third-order valence-corrected chi connectivity index (χ3v) is 3.37. The summed E-state index contributed by atoms with van der Waals surface area (Å²) >= 11 is 0. The van der Waals surface area contributed by atoms with Crippen LogP contribution in [-0.2, 0) is 10.1 Å². The van der Waals surface area contributed by atoms with Crippen molar-refractivity contribution in [3.8, 4) is 0 Å². The fourth-order valence-corrected chi connectivity index (χ4v) is 2.41. The minimum absolute atomic E-state index is 0.0793. The lowest BCUT2D eigenvalue weighted by Gasteiger charge is -2.12. The molecule has 0 aromatic heterocycles. The van der Waals surface area contributed by atoms with Crippen LogP contribution in [0.25, 0.3) is 10.8 Å². The lowest BCUT2D eigenvalue weighted by atomic mass is 10.1. The Morgan fingerprint density at radius 2 is 1.72 bits per heavy atom. The molecule has 2 aromatic carbocycles. The Kier molecular flexibility index (Phi) is 2.68. The van der Waals surface area contributed by atoms with E-state index in [0.29, 0.717) is 6.07 Å². The summed E-state index contributed by atoms with van der Waals surface area (Å²) in [7, 11) is -4.81. The van der Waals surface area contributed by atoms with E-state index in [4.69, 9.17) is 5.73 Å². The fraction of sp³-hybridized carbons (Fsp3) is 0. The van der Waals surface area contributed by atoms with Crippen LogP contribution in [0.2, 0.25) is 0 Å². The molecule has 0 atom stereocenters. The molecule has 2 N–H and O–H groups in total. The Bertz CT molecular complexity index is 754. The Balaban J connectivity index is 3.03. The summed E-state index contributed by atoms with van der Waals surface area (Å²) in [5, 5.41) is 11.0. The molecule has 0 unspecified atom stereocenters. The molecule has 2 aromatic rings. The topological polar surface area (TPSA) is 126 Å². The van der Waals surface area contributed by atoms with Crippen molar-refractivity contribution in [3.63, 3.8) is 0 Å². The lowest BCUT2D eigenvalue weighted by Crippen LogP contribution is -2.04. The van der Waals surface area contributed by atoms with Crippen LogP contribution in [-0.4, -0.2) is 17.9 Å². The van der Waals surface area contributed by atoms with Crippen LogP contribution in [0.1, 0.15) is 0 Å². The summed E-state index contributed by atoms with van der Waals surface area (Å²) in [5.74, 6) is 0. The Morgan fingerprint density at radius 3 is 2.22 bits per heavy atom. The molecule has 0 aliphatic carbocycles. The number of nitro benzene ring substituents is 1. The third kappa shape index (κ3) is 1.87. The second-order valence-corrected chi connectivity index (χ2v) is 4.91. The first-order valence-electron chi connectivity index (χ1n) is 4.74. The second-order valence-electron chi connectivity index (χ2n) is 3.56. The van der Waals surface area contributed by atoms with Crippen LogP contribution in [0.15, 0.2) is 35.2 Å². The summed E-state index contributed by atoms with van der Waals surface area (Å²) in [6.07, 6.45) is 0. The molecule has 0 bridgehead atoms. The first-order chi connectivity index (χ1) is 8.32. The summed E-state index contributed by atoms with van der Waals surface area (Å²) in [6.45, 7) is 0. The maximum Gasteiger partial charge on any atom is 0.294 e. The van der Waals surface area contributed by atoms with E-state index in [1.165, 1.54) is 18.2 Å². The zero-order chi connectivity index (χ0) is 13.5. The molecule has 0 aliphatic heterocycles. The van der Waals surface area contributed by atoms with E-state index >= 15 is 0 Å². The van der Waals surface area contributed by atoms with E-state index in [1.807, 2.05) is 0 Å². The second kappa shape index (κ2) is 3.93. The molecule has 0 spiro atoms.